The number of halogens is 1. The van der Waals surface area contributed by atoms with Crippen molar-refractivity contribution in [3.63, 3.8) is 0 Å². The molecule has 174 valence electrons. The van der Waals surface area contributed by atoms with Crippen molar-refractivity contribution in [2.75, 3.05) is 4.90 Å². The predicted molar refractivity (Wildman–Crippen MR) is 159 cm³/mol. The molecule has 0 N–H and O–H groups in total. The molecule has 36 heavy (non-hydrogen) atoms. The Labute approximate surface area is 223 Å². The van der Waals surface area contributed by atoms with Gasteiger partial charge in [-0.2, -0.15) is 0 Å². The van der Waals surface area contributed by atoms with Gasteiger partial charge in [-0.25, -0.2) is 0 Å². The maximum atomic E-state index is 3.62. The van der Waals surface area contributed by atoms with Crippen LogP contribution >= 0.6 is 27.3 Å². The van der Waals surface area contributed by atoms with Gasteiger partial charge in [-0.3, -0.25) is 0 Å². The molecule has 6 aromatic rings. The number of hydrogen-bond donors (Lipinski definition) is 0. The molecule has 1 aliphatic rings. The molecule has 1 heterocycles. The molecule has 0 fully saturated rings. The average molecular weight is 547 g/mol. The van der Waals surface area contributed by atoms with Crippen LogP contribution in [0.1, 0.15) is 24.3 Å². The van der Waals surface area contributed by atoms with Crippen LogP contribution in [0.3, 0.4) is 0 Å². The highest BCUT2D eigenvalue weighted by Crippen LogP contribution is 2.56. The van der Waals surface area contributed by atoms with Gasteiger partial charge < -0.3 is 4.90 Å². The van der Waals surface area contributed by atoms with Crippen molar-refractivity contribution in [3.8, 4) is 11.1 Å². The minimum absolute atomic E-state index is 0.0471. The Hall–Kier alpha value is -3.40. The molecular formula is C33H24BrNS. The highest BCUT2D eigenvalue weighted by molar-refractivity contribution is 9.10. The third-order valence-corrected chi connectivity index (χ3v) is 9.48. The third kappa shape index (κ3) is 3.20. The lowest BCUT2D eigenvalue weighted by Gasteiger charge is -2.29. The molecule has 0 bridgehead atoms. The molecule has 0 radical (unpaired) electrons. The van der Waals surface area contributed by atoms with Gasteiger partial charge in [-0.1, -0.05) is 90.4 Å². The second-order valence-electron chi connectivity index (χ2n) is 9.97. The van der Waals surface area contributed by atoms with E-state index in [0.717, 1.165) is 10.2 Å². The molecule has 1 aliphatic carbocycles. The molecular weight excluding hydrogens is 522 g/mol. The Kier molecular flexibility index (Phi) is 4.89. The highest BCUT2D eigenvalue weighted by atomic mass is 79.9. The summed E-state index contributed by atoms with van der Waals surface area (Å²) in [6.45, 7) is 4.75. The first kappa shape index (κ1) is 21.8. The maximum Gasteiger partial charge on any atom is 0.0540 e. The SMILES string of the molecule is CC1(C)c2cc(N(c3ccc(Br)cc3)c3cccc4ccccc34)ccc2-c2c1sc1ccccc21. The van der Waals surface area contributed by atoms with Crippen molar-refractivity contribution in [1.29, 1.82) is 0 Å². The van der Waals surface area contributed by atoms with E-state index in [1.807, 2.05) is 11.3 Å². The summed E-state index contributed by atoms with van der Waals surface area (Å²) in [5.74, 6) is 0. The first-order valence-corrected chi connectivity index (χ1v) is 13.8. The van der Waals surface area contributed by atoms with E-state index in [1.165, 1.54) is 53.8 Å². The zero-order chi connectivity index (χ0) is 24.4. The molecule has 0 amide bonds. The fourth-order valence-corrected chi connectivity index (χ4v) is 7.30. The first-order valence-electron chi connectivity index (χ1n) is 12.2. The fourth-order valence-electron chi connectivity index (χ4n) is 5.70. The molecule has 1 nitrogen and oxygen atoms in total. The number of nitrogens with zero attached hydrogens (tertiary/aromatic N) is 1. The molecule has 0 saturated carbocycles. The van der Waals surface area contributed by atoms with E-state index in [1.54, 1.807) is 0 Å². The summed E-state index contributed by atoms with van der Waals surface area (Å²) in [6, 6.07) is 39.7. The summed E-state index contributed by atoms with van der Waals surface area (Å²) in [5.41, 5.74) is 7.65. The standard InChI is InChI=1S/C33H24BrNS/c1-33(2)28-20-24(18-19-26(28)31-27-11-5-6-13-30(27)36-32(31)33)35(23-16-14-22(34)15-17-23)29-12-7-9-21-8-3-4-10-25(21)29/h3-20H,1-2H3. The van der Waals surface area contributed by atoms with Crippen LogP contribution < -0.4 is 4.90 Å². The smallest absolute Gasteiger partial charge is 0.0540 e. The summed E-state index contributed by atoms with van der Waals surface area (Å²) in [6.07, 6.45) is 0. The Bertz CT molecular complexity index is 1770. The van der Waals surface area contributed by atoms with Gasteiger partial charge in [0, 0.05) is 47.2 Å². The maximum absolute atomic E-state index is 3.62. The quantitative estimate of drug-likeness (QED) is 0.213. The summed E-state index contributed by atoms with van der Waals surface area (Å²) >= 11 is 5.56. The lowest BCUT2D eigenvalue weighted by atomic mass is 9.86. The van der Waals surface area contributed by atoms with Gasteiger partial charge in [-0.05, 0) is 65.0 Å². The third-order valence-electron chi connectivity index (χ3n) is 7.46. The summed E-state index contributed by atoms with van der Waals surface area (Å²) in [5, 5.41) is 3.86. The van der Waals surface area contributed by atoms with Gasteiger partial charge >= 0.3 is 0 Å². The van der Waals surface area contributed by atoms with E-state index in [2.05, 4.69) is 144 Å². The van der Waals surface area contributed by atoms with Crippen molar-refractivity contribution < 1.29 is 0 Å². The van der Waals surface area contributed by atoms with Gasteiger partial charge in [0.25, 0.3) is 0 Å². The Balaban J connectivity index is 1.47. The summed E-state index contributed by atoms with van der Waals surface area (Å²) in [7, 11) is 0. The monoisotopic (exact) mass is 545 g/mol. The van der Waals surface area contributed by atoms with Crippen LogP contribution in [0.15, 0.2) is 114 Å². The molecule has 3 heteroatoms. The van der Waals surface area contributed by atoms with Crippen LogP contribution in [0.5, 0.6) is 0 Å². The Morgan fingerprint density at radius 2 is 1.39 bits per heavy atom. The van der Waals surface area contributed by atoms with E-state index < -0.39 is 0 Å². The second-order valence-corrected chi connectivity index (χ2v) is 11.9. The minimum atomic E-state index is -0.0471. The number of anilines is 3. The van der Waals surface area contributed by atoms with Gasteiger partial charge in [0.1, 0.15) is 0 Å². The molecule has 7 rings (SSSR count). The first-order chi connectivity index (χ1) is 17.5. The van der Waals surface area contributed by atoms with Gasteiger partial charge in [0.05, 0.1) is 5.69 Å². The normalized spacial score (nSPS) is 13.6. The zero-order valence-electron chi connectivity index (χ0n) is 20.1. The number of benzene rings is 5. The lowest BCUT2D eigenvalue weighted by Crippen LogP contribution is -2.16. The summed E-state index contributed by atoms with van der Waals surface area (Å²) < 4.78 is 2.45. The number of hydrogen-bond acceptors (Lipinski definition) is 2. The second kappa shape index (κ2) is 8.06. The fraction of sp³-hybridized carbons (Fsp3) is 0.0909. The predicted octanol–water partition coefficient (Wildman–Crippen LogP) is 10.6. The number of thiophene rings is 1. The van der Waals surface area contributed by atoms with Gasteiger partial charge in [-0.15, -0.1) is 11.3 Å². The topological polar surface area (TPSA) is 3.24 Å². The molecule has 0 atom stereocenters. The number of rotatable bonds is 3. The van der Waals surface area contributed by atoms with Crippen LogP contribution in [0.25, 0.3) is 32.0 Å². The molecule has 5 aromatic carbocycles. The van der Waals surface area contributed by atoms with Gasteiger partial charge in [0.15, 0.2) is 0 Å². The van der Waals surface area contributed by atoms with E-state index in [9.17, 15) is 0 Å². The van der Waals surface area contributed by atoms with E-state index in [-0.39, 0.29) is 5.41 Å². The Morgan fingerprint density at radius 1 is 0.694 bits per heavy atom. The lowest BCUT2D eigenvalue weighted by molar-refractivity contribution is 0.674. The van der Waals surface area contributed by atoms with Crippen molar-refractivity contribution in [1.82, 2.24) is 0 Å². The largest absolute Gasteiger partial charge is 0.310 e. The van der Waals surface area contributed by atoms with Crippen molar-refractivity contribution in [2.45, 2.75) is 19.3 Å². The highest BCUT2D eigenvalue weighted by Gasteiger charge is 2.39. The van der Waals surface area contributed by atoms with Crippen LogP contribution in [0.4, 0.5) is 17.1 Å². The molecule has 0 saturated heterocycles. The van der Waals surface area contributed by atoms with E-state index >= 15 is 0 Å². The van der Waals surface area contributed by atoms with Crippen LogP contribution in [-0.4, -0.2) is 0 Å². The van der Waals surface area contributed by atoms with Gasteiger partial charge in [0.2, 0.25) is 0 Å². The van der Waals surface area contributed by atoms with Crippen LogP contribution in [0, 0.1) is 0 Å². The van der Waals surface area contributed by atoms with E-state index in [0.29, 0.717) is 0 Å². The van der Waals surface area contributed by atoms with Crippen LogP contribution in [-0.2, 0) is 5.41 Å². The Morgan fingerprint density at radius 3 is 2.22 bits per heavy atom. The molecule has 0 aliphatic heterocycles. The summed E-state index contributed by atoms with van der Waals surface area (Å²) in [4.78, 5) is 3.87. The zero-order valence-corrected chi connectivity index (χ0v) is 22.5. The molecule has 1 aromatic heterocycles. The van der Waals surface area contributed by atoms with Crippen molar-refractivity contribution in [2.24, 2.45) is 0 Å². The molecule has 0 spiro atoms. The minimum Gasteiger partial charge on any atom is -0.310 e. The van der Waals surface area contributed by atoms with Crippen molar-refractivity contribution >= 4 is 65.2 Å². The average Bonchev–Trinajstić information content (AvgIpc) is 3.39. The number of fused-ring (bicyclic) bond motifs is 6. The van der Waals surface area contributed by atoms with Crippen molar-refractivity contribution in [3.05, 3.63) is 124 Å². The molecule has 0 unspecified atom stereocenters. The van der Waals surface area contributed by atoms with Crippen LogP contribution in [0.2, 0.25) is 0 Å². The van der Waals surface area contributed by atoms with E-state index in [4.69, 9.17) is 0 Å².